The van der Waals surface area contributed by atoms with Crippen molar-refractivity contribution in [2.45, 2.75) is 97.1 Å². The van der Waals surface area contributed by atoms with Gasteiger partial charge in [-0.2, -0.15) is 20.7 Å². The van der Waals surface area contributed by atoms with Gasteiger partial charge < -0.3 is 81.6 Å². The lowest BCUT2D eigenvalue weighted by Gasteiger charge is -2.11. The molecule has 0 spiro atoms. The molecule has 0 unspecified atom stereocenters. The van der Waals surface area contributed by atoms with Crippen molar-refractivity contribution in [3.8, 4) is 68.4 Å². The van der Waals surface area contributed by atoms with E-state index in [0.717, 1.165) is 200 Å². The maximum Gasteiger partial charge on any atom is 0.247 e. The number of fused-ring (bicyclic) bond motifs is 5. The quantitative estimate of drug-likeness (QED) is 0.0280. The highest BCUT2D eigenvalue weighted by Crippen LogP contribution is 2.49. The maximum atomic E-state index is 12.7. The first-order valence-electron chi connectivity index (χ1n) is 48.6. The Bertz CT molecular complexity index is 7970. The number of nitrogens with zero attached hydrogens (tertiary/aromatic N) is 19. The first-order chi connectivity index (χ1) is 72.1. The molecule has 5 fully saturated rings. The molecule has 748 valence electrons. The number of anilines is 14. The standard InChI is InChI=1S/2C23H23N7O.C23H21N5O2S.2C21H20N6O/c2*1-14-5-3-4-6-17(14)19-9-15-10-21(25-12-18(15)22(24)28-19)27-16-11-26-30(13-16)20-7-8-29(2)23(20)31;24-22-19-11-25-21(28-23(30)18-9-17(18)15-10-26-31-12-15)8-14(19)7-20(27-22)16-4-2-1-3-13(16)5-6-29;2*1-11-14(3-2-4-17(11)23)18-8-13-9-19(25-10-16(13)20(24)26-18)27-21(28)15-7-12(15)5-6-22/h2*3-6,9-13,20H,7-8H2,1-2H3,(H2,24,28)(H,25,27);1-4,7-8,10-12,17-18,29H,5-6,9H2,(H2,24,27)(H,25,28,30);2*2-4,8-10,12,15H,5,7,23H2,1H3,(H2,24,26)(H,25,27,28)/t2*20-;17-,18+;2*12-,15-/m10010/s1. The molecule has 2 saturated heterocycles. The molecule has 5 amide bonds. The van der Waals surface area contributed by atoms with Gasteiger partial charge in [-0.3, -0.25) is 33.3 Å². The van der Waals surface area contributed by atoms with Crippen molar-refractivity contribution in [1.29, 1.82) is 10.5 Å². The van der Waals surface area contributed by atoms with E-state index >= 15 is 0 Å². The lowest BCUT2D eigenvalue weighted by Crippen LogP contribution is -2.24. The highest BCUT2D eigenvalue weighted by atomic mass is 32.1. The van der Waals surface area contributed by atoms with E-state index in [1.54, 1.807) is 74.7 Å². The summed E-state index contributed by atoms with van der Waals surface area (Å²) in [5, 5.41) is 61.0. The second-order valence-electron chi connectivity index (χ2n) is 37.8. The van der Waals surface area contributed by atoms with Gasteiger partial charge in [0.1, 0.15) is 70.3 Å². The zero-order valence-electron chi connectivity index (χ0n) is 82.3. The van der Waals surface area contributed by atoms with Gasteiger partial charge in [0.2, 0.25) is 29.5 Å². The molecule has 8 atom stereocenters. The van der Waals surface area contributed by atoms with Gasteiger partial charge in [-0.25, -0.2) is 54.2 Å². The molecule has 0 radical (unpaired) electrons. The third kappa shape index (κ3) is 22.0. The van der Waals surface area contributed by atoms with Crippen LogP contribution in [0, 0.1) is 79.9 Å². The predicted molar refractivity (Wildman–Crippen MR) is 582 cm³/mol. The van der Waals surface area contributed by atoms with Gasteiger partial charge in [-0.15, -0.1) is 0 Å². The maximum absolute atomic E-state index is 12.7. The molecule has 20 N–H and O–H groups in total. The number of aryl methyl sites for hydroxylation is 2. The molecule has 149 heavy (non-hydrogen) atoms. The van der Waals surface area contributed by atoms with Crippen molar-refractivity contribution in [2.75, 3.05) is 101 Å². The molecule has 3 aliphatic carbocycles. The summed E-state index contributed by atoms with van der Waals surface area (Å²) in [6.07, 6.45) is 22.5. The molecular formula is C111H107N31O6S. The van der Waals surface area contributed by atoms with Crippen LogP contribution in [0.5, 0.6) is 0 Å². The van der Waals surface area contributed by atoms with Crippen LogP contribution in [0.3, 0.4) is 0 Å². The topological polar surface area (TPSA) is 579 Å². The zero-order chi connectivity index (χ0) is 104. The van der Waals surface area contributed by atoms with Gasteiger partial charge in [-0.1, -0.05) is 97.1 Å². The Hall–Kier alpha value is -18.6. The Morgan fingerprint density at radius 2 is 0.772 bits per heavy atom. The highest BCUT2D eigenvalue weighted by Gasteiger charge is 2.46. The number of nitrogens with two attached hydrogens (primary N) is 7. The minimum absolute atomic E-state index is 0.0291. The number of amides is 5. The summed E-state index contributed by atoms with van der Waals surface area (Å²) in [4.78, 5) is 110. The van der Waals surface area contributed by atoms with Crippen LogP contribution < -0.4 is 66.7 Å². The van der Waals surface area contributed by atoms with Crippen molar-refractivity contribution in [2.24, 2.45) is 29.6 Å². The fraction of sp³-hybridized carbons (Fsp3) is 0.225. The number of likely N-dealkylation sites (N-methyl/N-ethyl adjacent to an activating group) is 2. The van der Waals surface area contributed by atoms with Crippen molar-refractivity contribution in [1.82, 2.24) is 83.6 Å². The molecular weight excluding hydrogens is 1900 g/mol. The summed E-state index contributed by atoms with van der Waals surface area (Å²) in [6, 6.07) is 58.2. The molecule has 0 bridgehead atoms. The first-order valence-corrected chi connectivity index (χ1v) is 49.4. The number of hydrogen-bond acceptors (Lipinski definition) is 31. The number of aromatic nitrogens is 15. The van der Waals surface area contributed by atoms with Gasteiger partial charge >= 0.3 is 0 Å². The SMILES string of the molecule is Cc1c(N)cccc1-c1cc2cc(NC(=O)[C@@H]3C[C@H]3CC#N)ncc2c(N)n1.Cc1c(N)cccc1-c1cc2cc(NC(=O)[C@H]3C[C@@H]3CC#N)ncc2c(N)n1.Cc1ccccc1-c1cc2cc(Nc3cnn([C@@H]4CCN(C)C4=O)c3)ncc2c(N)n1.Cc1ccccc1-c1cc2cc(Nc3cnn([C@H]4CCN(C)C4=O)c3)ncc2c(N)n1.Nc1nc(-c2ccccc2CCO)cc2cc(NC(=O)[C@@H]3C[C@H]3c3cnsc3)ncc12. The van der Waals surface area contributed by atoms with Crippen LogP contribution in [-0.4, -0.2) is 152 Å². The number of carbonyl (C=O) groups is 5. The van der Waals surface area contributed by atoms with Crippen LogP contribution in [0.4, 0.5) is 80.9 Å². The molecule has 37 nitrogen and oxygen atoms in total. The van der Waals surface area contributed by atoms with Crippen molar-refractivity contribution < 1.29 is 29.1 Å². The first kappa shape index (κ1) is 99.2. The average Bonchev–Trinajstić information content (AvgIpc) is 1.70. The molecule has 38 heteroatoms. The van der Waals surface area contributed by atoms with Gasteiger partial charge in [0, 0.05) is 185 Å². The summed E-state index contributed by atoms with van der Waals surface area (Å²) >= 11 is 1.41. The molecule has 3 saturated carbocycles. The van der Waals surface area contributed by atoms with Gasteiger partial charge in [0.15, 0.2) is 0 Å². The van der Waals surface area contributed by atoms with Gasteiger partial charge in [0.05, 0.1) is 64.4 Å². The number of rotatable bonds is 22. The van der Waals surface area contributed by atoms with Gasteiger partial charge in [-0.05, 0) is 229 Å². The molecule has 15 heterocycles. The second-order valence-corrected chi connectivity index (χ2v) is 38.5. The smallest absolute Gasteiger partial charge is 0.247 e. The lowest BCUT2D eigenvalue weighted by atomic mass is 10.0. The number of pyridine rings is 10. The Kier molecular flexibility index (Phi) is 28.5. The Labute approximate surface area is 860 Å². The molecule has 5 aromatic carbocycles. The van der Waals surface area contributed by atoms with Gasteiger partial charge in [0.25, 0.3) is 0 Å². The van der Waals surface area contributed by atoms with E-state index in [0.29, 0.717) is 88.8 Å². The van der Waals surface area contributed by atoms with Crippen LogP contribution in [0.25, 0.3) is 110 Å². The van der Waals surface area contributed by atoms with Crippen LogP contribution in [0.15, 0.2) is 237 Å². The largest absolute Gasteiger partial charge is 0.398 e. The summed E-state index contributed by atoms with van der Waals surface area (Å²) in [6.45, 7) is 9.55. The fourth-order valence-corrected chi connectivity index (χ4v) is 19.5. The number of hydrogen-bond donors (Lipinski definition) is 13. The van der Waals surface area contributed by atoms with Crippen LogP contribution in [-0.2, 0) is 30.4 Å². The van der Waals surface area contributed by atoms with E-state index < -0.39 is 0 Å². The van der Waals surface area contributed by atoms with Crippen LogP contribution in [0.1, 0.15) is 96.3 Å². The molecule has 18 aromatic rings. The second kappa shape index (κ2) is 42.8. The van der Waals surface area contributed by atoms with E-state index in [1.165, 1.54) is 11.5 Å². The van der Waals surface area contributed by atoms with E-state index in [1.807, 2.05) is 198 Å². The van der Waals surface area contributed by atoms with E-state index in [9.17, 15) is 29.1 Å². The Morgan fingerprint density at radius 3 is 1.13 bits per heavy atom. The molecule has 5 aliphatic rings. The minimum atomic E-state index is -0.243. The highest BCUT2D eigenvalue weighted by molar-refractivity contribution is 7.03. The van der Waals surface area contributed by atoms with E-state index in [2.05, 4.69) is 129 Å². The summed E-state index contributed by atoms with van der Waals surface area (Å²) < 4.78 is 7.55. The lowest BCUT2D eigenvalue weighted by molar-refractivity contribution is -0.130. The third-order valence-electron chi connectivity index (χ3n) is 27.7. The number of benzene rings is 5. The van der Waals surface area contributed by atoms with Crippen LogP contribution in [0.2, 0.25) is 0 Å². The third-order valence-corrected chi connectivity index (χ3v) is 28.3. The summed E-state index contributed by atoms with van der Waals surface area (Å²) in [5.41, 5.74) is 60.9. The number of carbonyl (C=O) groups excluding carboxylic acids is 5. The molecule has 2 aliphatic heterocycles. The zero-order valence-corrected chi connectivity index (χ0v) is 83.2. The average molecular weight is 2000 g/mol. The van der Waals surface area contributed by atoms with E-state index in [-0.39, 0.29) is 83.7 Å². The number of aliphatic hydroxyl groups excluding tert-OH is 1. The summed E-state index contributed by atoms with van der Waals surface area (Å²) in [5.74, 6) is 5.03. The molecule has 13 aromatic heterocycles. The van der Waals surface area contributed by atoms with Crippen LogP contribution >= 0.6 is 11.5 Å². The number of nitriles is 2. The van der Waals surface area contributed by atoms with Crippen molar-refractivity contribution in [3.05, 3.63) is 271 Å². The normalized spacial score (nSPS) is 17.1. The fourth-order valence-electron chi connectivity index (χ4n) is 18.9. The monoisotopic (exact) mass is 2000 g/mol. The van der Waals surface area contributed by atoms with Crippen molar-refractivity contribution >= 4 is 176 Å². The number of nitrogens with one attached hydrogen (secondary N) is 5. The Balaban J connectivity index is 0.000000117. The summed E-state index contributed by atoms with van der Waals surface area (Å²) in [7, 11) is 3.63. The minimum Gasteiger partial charge on any atom is -0.398 e. The number of aliphatic hydroxyl groups is 1. The van der Waals surface area contributed by atoms with E-state index in [4.69, 9.17) is 50.7 Å². The molecule has 23 rings (SSSR count). The number of nitrogen functional groups attached to an aromatic ring is 7. The number of likely N-dealkylation sites (tertiary alicyclic amines) is 2. The Morgan fingerprint density at radius 1 is 0.423 bits per heavy atom. The predicted octanol–water partition coefficient (Wildman–Crippen LogP) is 17.2. The van der Waals surface area contributed by atoms with Crippen molar-refractivity contribution in [3.63, 3.8) is 0 Å².